The lowest BCUT2D eigenvalue weighted by atomic mass is 10.1. The first kappa shape index (κ1) is 20.5. The number of aliphatic hydroxyl groups excluding tert-OH is 3. The van der Waals surface area contributed by atoms with Gasteiger partial charge in [0.15, 0.2) is 0 Å². The Hall–Kier alpha value is -1.75. The number of aryl methyl sites for hydroxylation is 1. The largest absolute Gasteiger partial charge is 0.610 e. The van der Waals surface area contributed by atoms with Crippen LogP contribution in [0.4, 0.5) is 5.82 Å². The lowest BCUT2D eigenvalue weighted by molar-refractivity contribution is 0.00445. The van der Waals surface area contributed by atoms with Crippen molar-refractivity contribution in [2.24, 2.45) is 5.92 Å². The fourth-order valence-corrected chi connectivity index (χ4v) is 5.41. The number of fused-ring (bicyclic) bond motifs is 1. The number of aromatic nitrogens is 2. The predicted octanol–water partition coefficient (Wildman–Crippen LogP) is 1.92. The van der Waals surface area contributed by atoms with Crippen molar-refractivity contribution in [2.45, 2.75) is 36.6 Å². The monoisotopic (exact) mass is 433 g/mol. The summed E-state index contributed by atoms with van der Waals surface area (Å²) in [5.41, 5.74) is 2.55. The molecule has 1 aromatic carbocycles. The second kappa shape index (κ2) is 8.17. The maximum atomic E-state index is 12.1. The molecule has 1 saturated carbocycles. The van der Waals surface area contributed by atoms with Crippen molar-refractivity contribution in [3.05, 3.63) is 35.9 Å². The highest BCUT2D eigenvalue weighted by atomic mass is 32.2. The fourth-order valence-electron chi connectivity index (χ4n) is 3.77. The first-order chi connectivity index (χ1) is 13.9. The summed E-state index contributed by atoms with van der Waals surface area (Å²) in [5.74, 6) is 0.0714. The lowest BCUT2D eigenvalue weighted by Gasteiger charge is -2.21. The third kappa shape index (κ3) is 3.86. The number of aliphatic hydroxyl groups is 3. The fraction of sp³-hybridized carbons (Fsp3) is 0.400. The number of para-hydroxylation sites is 1. The van der Waals surface area contributed by atoms with E-state index in [-0.39, 0.29) is 6.61 Å². The number of hydrogen-bond donors (Lipinski definition) is 4. The number of rotatable bonds is 5. The van der Waals surface area contributed by atoms with Crippen LogP contribution < -0.4 is 5.32 Å². The van der Waals surface area contributed by atoms with Crippen molar-refractivity contribution in [1.82, 2.24) is 9.97 Å². The zero-order chi connectivity index (χ0) is 20.7. The minimum atomic E-state index is -1.28. The zero-order valence-corrected chi connectivity index (χ0v) is 17.7. The highest BCUT2D eigenvalue weighted by Gasteiger charge is 2.41. The van der Waals surface area contributed by atoms with Gasteiger partial charge in [0.25, 0.3) is 0 Å². The van der Waals surface area contributed by atoms with Gasteiger partial charge in [0.05, 0.1) is 27.9 Å². The molecule has 3 aromatic rings. The molecule has 0 aliphatic heterocycles. The second-order valence-electron chi connectivity index (χ2n) is 7.35. The standard InChI is InChI=1S/C20H23N3O4S2/c1-10-7-15(29(2)27)23-19(21-13-8-11(9-24)17(25)18(13)26)16(10)20-22-12-5-3-4-6-14(12)28-20/h3-7,11,13,17-18,24-26H,8-9H2,1-2H3,(H,21,23)/t11-,13-,17-,18+,29?/m1/s1. The topological polar surface area (TPSA) is 122 Å². The highest BCUT2D eigenvalue weighted by molar-refractivity contribution is 7.90. The van der Waals surface area contributed by atoms with E-state index in [2.05, 4.69) is 10.3 Å². The van der Waals surface area contributed by atoms with Gasteiger partial charge in [-0.3, -0.25) is 0 Å². The smallest absolute Gasteiger partial charge is 0.246 e. The minimum Gasteiger partial charge on any atom is -0.610 e. The minimum absolute atomic E-state index is 0.202. The van der Waals surface area contributed by atoms with Crippen LogP contribution in [-0.2, 0) is 11.2 Å². The first-order valence-electron chi connectivity index (χ1n) is 9.33. The number of anilines is 1. The molecule has 0 saturated heterocycles. The van der Waals surface area contributed by atoms with Gasteiger partial charge < -0.3 is 25.2 Å². The Morgan fingerprint density at radius 1 is 1.24 bits per heavy atom. The quantitative estimate of drug-likeness (QED) is 0.454. The molecule has 154 valence electrons. The van der Waals surface area contributed by atoms with E-state index in [0.29, 0.717) is 17.3 Å². The van der Waals surface area contributed by atoms with Crippen LogP contribution >= 0.6 is 11.3 Å². The predicted molar refractivity (Wildman–Crippen MR) is 115 cm³/mol. The Morgan fingerprint density at radius 2 is 2.00 bits per heavy atom. The third-order valence-corrected chi connectivity index (χ3v) is 7.21. The number of benzene rings is 1. The van der Waals surface area contributed by atoms with Gasteiger partial charge in [-0.25, -0.2) is 4.98 Å². The van der Waals surface area contributed by atoms with Crippen molar-refractivity contribution in [1.29, 1.82) is 0 Å². The number of thiazole rings is 1. The van der Waals surface area contributed by atoms with Gasteiger partial charge in [-0.05, 0) is 31.0 Å². The molecule has 5 atom stereocenters. The van der Waals surface area contributed by atoms with Crippen LogP contribution in [0.2, 0.25) is 0 Å². The van der Waals surface area contributed by atoms with Crippen LogP contribution in [0.15, 0.2) is 35.4 Å². The molecule has 1 aliphatic rings. The van der Waals surface area contributed by atoms with Gasteiger partial charge in [0, 0.05) is 29.8 Å². The summed E-state index contributed by atoms with van der Waals surface area (Å²) < 4.78 is 13.1. The summed E-state index contributed by atoms with van der Waals surface area (Å²) >= 11 is 0.262. The molecular formula is C20H23N3O4S2. The van der Waals surface area contributed by atoms with Crippen LogP contribution in [0.5, 0.6) is 0 Å². The lowest BCUT2D eigenvalue weighted by Crippen LogP contribution is -2.35. The van der Waals surface area contributed by atoms with Crippen LogP contribution in [-0.4, -0.2) is 61.0 Å². The third-order valence-electron chi connectivity index (χ3n) is 5.35. The Kier molecular flexibility index (Phi) is 5.78. The Morgan fingerprint density at radius 3 is 2.66 bits per heavy atom. The summed E-state index contributed by atoms with van der Waals surface area (Å²) in [4.78, 5) is 9.28. The van der Waals surface area contributed by atoms with E-state index in [9.17, 15) is 19.9 Å². The average Bonchev–Trinajstić information content (AvgIpc) is 3.23. The summed E-state index contributed by atoms with van der Waals surface area (Å²) in [5, 5.41) is 34.5. The molecule has 0 bridgehead atoms. The molecule has 1 fully saturated rings. The van der Waals surface area contributed by atoms with Crippen molar-refractivity contribution < 1.29 is 19.9 Å². The van der Waals surface area contributed by atoms with Crippen LogP contribution in [0.1, 0.15) is 12.0 Å². The summed E-state index contributed by atoms with van der Waals surface area (Å²) in [7, 11) is 0. The van der Waals surface area contributed by atoms with Gasteiger partial charge in [0.1, 0.15) is 23.2 Å². The molecule has 2 heterocycles. The number of nitrogens with zero attached hydrogens (tertiary/aromatic N) is 2. The van der Waals surface area contributed by atoms with E-state index in [0.717, 1.165) is 26.4 Å². The SMILES string of the molecule is Cc1cc([S+](C)[O-])nc(N[C@@H]2C[C@H](CO)[C@@H](O)[C@H]2O)c1-c1nc2ccccc2s1. The molecule has 9 heteroatoms. The molecule has 7 nitrogen and oxygen atoms in total. The number of pyridine rings is 1. The molecule has 1 unspecified atom stereocenters. The summed E-state index contributed by atoms with van der Waals surface area (Å²) in [6.07, 6.45) is -0.0711. The number of hydrogen-bond acceptors (Lipinski definition) is 8. The van der Waals surface area contributed by atoms with E-state index in [4.69, 9.17) is 4.98 Å². The van der Waals surface area contributed by atoms with Gasteiger partial charge in [0.2, 0.25) is 5.03 Å². The normalized spacial score (nSPS) is 25.4. The maximum Gasteiger partial charge on any atom is 0.246 e. The molecule has 2 aromatic heterocycles. The molecule has 4 N–H and O–H groups in total. The Bertz CT molecular complexity index is 993. The van der Waals surface area contributed by atoms with Crippen LogP contribution in [0, 0.1) is 12.8 Å². The molecule has 29 heavy (non-hydrogen) atoms. The Balaban J connectivity index is 1.79. The molecule has 0 spiro atoms. The van der Waals surface area contributed by atoms with Crippen LogP contribution in [0.3, 0.4) is 0 Å². The van der Waals surface area contributed by atoms with E-state index >= 15 is 0 Å². The van der Waals surface area contributed by atoms with E-state index in [1.54, 1.807) is 12.3 Å². The molecule has 0 radical (unpaired) electrons. The summed E-state index contributed by atoms with van der Waals surface area (Å²) in [6, 6.07) is 9.16. The van der Waals surface area contributed by atoms with E-state index in [1.807, 2.05) is 31.2 Å². The van der Waals surface area contributed by atoms with Gasteiger partial charge in [-0.15, -0.1) is 11.3 Å². The number of nitrogens with one attached hydrogen (secondary N) is 1. The highest BCUT2D eigenvalue weighted by Crippen LogP contribution is 2.38. The maximum absolute atomic E-state index is 12.1. The first-order valence-corrected chi connectivity index (χ1v) is 11.7. The van der Waals surface area contributed by atoms with E-state index < -0.39 is 35.3 Å². The van der Waals surface area contributed by atoms with Gasteiger partial charge in [-0.2, -0.15) is 4.98 Å². The van der Waals surface area contributed by atoms with E-state index in [1.165, 1.54) is 11.3 Å². The molecular weight excluding hydrogens is 410 g/mol. The molecule has 0 amide bonds. The van der Waals surface area contributed by atoms with Gasteiger partial charge in [-0.1, -0.05) is 12.1 Å². The summed E-state index contributed by atoms with van der Waals surface area (Å²) in [6.45, 7) is 1.72. The molecule has 4 rings (SSSR count). The van der Waals surface area contributed by atoms with Crippen molar-refractivity contribution in [3.63, 3.8) is 0 Å². The molecule has 1 aliphatic carbocycles. The van der Waals surface area contributed by atoms with Gasteiger partial charge >= 0.3 is 0 Å². The average molecular weight is 434 g/mol. The van der Waals surface area contributed by atoms with Crippen molar-refractivity contribution >= 4 is 38.5 Å². The zero-order valence-electron chi connectivity index (χ0n) is 16.1. The van der Waals surface area contributed by atoms with Crippen molar-refractivity contribution in [2.75, 3.05) is 18.2 Å². The van der Waals surface area contributed by atoms with Crippen molar-refractivity contribution in [3.8, 4) is 10.6 Å². The Labute approximate surface area is 175 Å². The second-order valence-corrected chi connectivity index (χ2v) is 9.71. The van der Waals surface area contributed by atoms with Crippen LogP contribution in [0.25, 0.3) is 20.8 Å².